The van der Waals surface area contributed by atoms with Gasteiger partial charge >= 0.3 is 5.97 Å². The highest BCUT2D eigenvalue weighted by Crippen LogP contribution is 2.25. The maximum absolute atomic E-state index is 13.1. The second-order valence-corrected chi connectivity index (χ2v) is 8.98. The van der Waals surface area contributed by atoms with Gasteiger partial charge in [0.25, 0.3) is 11.8 Å². The zero-order valence-corrected chi connectivity index (χ0v) is 21.0. The van der Waals surface area contributed by atoms with Gasteiger partial charge in [0.05, 0.1) is 18.1 Å². The highest BCUT2D eigenvalue weighted by atomic mass is 16.4. The van der Waals surface area contributed by atoms with Crippen molar-refractivity contribution in [1.82, 2.24) is 20.6 Å². The molecule has 4 N–H and O–H groups in total. The van der Waals surface area contributed by atoms with Crippen LogP contribution < -0.4 is 10.6 Å². The number of carbonyl (C=O) groups excluding carboxylic acids is 2. The van der Waals surface area contributed by atoms with Crippen LogP contribution in [0.1, 0.15) is 61.8 Å². The molecule has 188 valence electrons. The molecule has 2 amide bonds. The van der Waals surface area contributed by atoms with E-state index in [0.29, 0.717) is 33.6 Å². The molecule has 3 aromatic carbocycles. The van der Waals surface area contributed by atoms with E-state index in [0.717, 1.165) is 16.3 Å². The number of carboxylic acids is 1. The molecule has 0 aliphatic heterocycles. The second-order valence-electron chi connectivity index (χ2n) is 8.98. The number of hydrogen-bond acceptors (Lipinski definition) is 4. The van der Waals surface area contributed by atoms with Crippen LogP contribution >= 0.6 is 0 Å². The maximum atomic E-state index is 13.1. The van der Waals surface area contributed by atoms with Gasteiger partial charge in [0.15, 0.2) is 0 Å². The van der Waals surface area contributed by atoms with Gasteiger partial charge in [0, 0.05) is 16.8 Å². The number of nitrogens with one attached hydrogen (secondary N) is 3. The quantitative estimate of drug-likeness (QED) is 0.273. The van der Waals surface area contributed by atoms with E-state index in [2.05, 4.69) is 20.6 Å². The summed E-state index contributed by atoms with van der Waals surface area (Å²) >= 11 is 0. The molecule has 4 rings (SSSR count). The van der Waals surface area contributed by atoms with Crippen molar-refractivity contribution in [2.75, 3.05) is 0 Å². The van der Waals surface area contributed by atoms with Gasteiger partial charge < -0.3 is 20.7 Å². The Morgan fingerprint density at radius 3 is 2.30 bits per heavy atom. The van der Waals surface area contributed by atoms with Crippen molar-refractivity contribution in [2.45, 2.75) is 33.7 Å². The molecule has 0 saturated carbocycles. The number of nitrogens with zero attached hydrogens (tertiary/aromatic N) is 1. The third-order valence-corrected chi connectivity index (χ3v) is 6.29. The lowest BCUT2D eigenvalue weighted by Crippen LogP contribution is -2.29. The molecule has 0 bridgehead atoms. The molecule has 0 unspecified atom stereocenters. The topological polar surface area (TPSA) is 124 Å². The molecule has 1 atom stereocenters. The van der Waals surface area contributed by atoms with Gasteiger partial charge in [-0.05, 0) is 73.4 Å². The first kappa shape index (κ1) is 25.4. The molecule has 0 fully saturated rings. The number of carbonyl (C=O) groups is 3. The van der Waals surface area contributed by atoms with Crippen LogP contribution in [0.5, 0.6) is 0 Å². The number of benzene rings is 3. The monoisotopic (exact) mass is 496 g/mol. The van der Waals surface area contributed by atoms with Gasteiger partial charge in [-0.3, -0.25) is 9.59 Å². The minimum atomic E-state index is -1.29. The molecule has 8 heteroatoms. The minimum Gasteiger partial charge on any atom is -0.477 e. The zero-order valence-electron chi connectivity index (χ0n) is 21.0. The van der Waals surface area contributed by atoms with E-state index in [1.165, 1.54) is 12.4 Å². The Morgan fingerprint density at radius 1 is 0.973 bits per heavy atom. The van der Waals surface area contributed by atoms with Crippen LogP contribution in [-0.4, -0.2) is 32.9 Å². The third-order valence-electron chi connectivity index (χ3n) is 6.29. The zero-order chi connectivity index (χ0) is 26.7. The summed E-state index contributed by atoms with van der Waals surface area (Å²) in [5.74, 6) is -2.13. The Hall–Kier alpha value is -4.72. The summed E-state index contributed by atoms with van der Waals surface area (Å²) < 4.78 is 0. The number of carboxylic acid groups (broad SMARTS) is 1. The summed E-state index contributed by atoms with van der Waals surface area (Å²) in [4.78, 5) is 44.8. The van der Waals surface area contributed by atoms with E-state index in [9.17, 15) is 19.5 Å². The number of aliphatic carboxylic acids is 1. The molecule has 37 heavy (non-hydrogen) atoms. The van der Waals surface area contributed by atoms with Gasteiger partial charge in [-0.1, -0.05) is 42.5 Å². The molecule has 8 nitrogen and oxygen atoms in total. The molecule has 0 spiro atoms. The molecule has 4 aromatic rings. The number of rotatable bonds is 7. The fraction of sp³-hybridized carbons (Fsp3) is 0.172. The summed E-state index contributed by atoms with van der Waals surface area (Å²) in [6.45, 7) is 7.12. The largest absolute Gasteiger partial charge is 0.477 e. The van der Waals surface area contributed by atoms with Gasteiger partial charge in [0.2, 0.25) is 0 Å². The molecule has 1 heterocycles. The number of aromatic amines is 1. The Kier molecular flexibility index (Phi) is 7.20. The molecule has 0 aliphatic rings. The smallest absolute Gasteiger partial charge is 0.352 e. The van der Waals surface area contributed by atoms with Crippen LogP contribution in [0.3, 0.4) is 0 Å². The number of hydrogen-bond donors (Lipinski definition) is 4. The summed E-state index contributed by atoms with van der Waals surface area (Å²) in [6, 6.07) is 17.0. The SMILES string of the molecule is Cc1cc(C(=O)N[C@H](C)c2cccc3ccccc23)cc(C)c1C(=O)N/C(=C\c1nc[nH]c1C)C(=O)O. The van der Waals surface area contributed by atoms with Crippen molar-refractivity contribution in [1.29, 1.82) is 0 Å². The molecular weight excluding hydrogens is 468 g/mol. The summed E-state index contributed by atoms with van der Waals surface area (Å²) in [5, 5.41) is 17.3. The lowest BCUT2D eigenvalue weighted by Gasteiger charge is -2.18. The molecule has 0 aliphatic carbocycles. The van der Waals surface area contributed by atoms with E-state index in [1.807, 2.05) is 49.4 Å². The summed E-state index contributed by atoms with van der Waals surface area (Å²) in [5.41, 5.74) is 3.64. The van der Waals surface area contributed by atoms with Crippen LogP contribution in [0.2, 0.25) is 0 Å². The van der Waals surface area contributed by atoms with Crippen molar-refractivity contribution >= 4 is 34.6 Å². The predicted octanol–water partition coefficient (Wildman–Crippen LogP) is 4.83. The fourth-order valence-electron chi connectivity index (χ4n) is 4.43. The normalized spacial score (nSPS) is 12.3. The highest BCUT2D eigenvalue weighted by Gasteiger charge is 2.21. The Morgan fingerprint density at radius 2 is 1.65 bits per heavy atom. The second kappa shape index (κ2) is 10.5. The number of H-pyrrole nitrogens is 1. The Bertz CT molecular complexity index is 1520. The van der Waals surface area contributed by atoms with Crippen molar-refractivity contribution in [3.05, 3.63) is 106 Å². The van der Waals surface area contributed by atoms with Crippen LogP contribution in [0.4, 0.5) is 0 Å². The van der Waals surface area contributed by atoms with E-state index >= 15 is 0 Å². The predicted molar refractivity (Wildman–Crippen MR) is 142 cm³/mol. The van der Waals surface area contributed by atoms with E-state index in [4.69, 9.17) is 0 Å². The Labute approximate surface area is 214 Å². The van der Waals surface area contributed by atoms with E-state index < -0.39 is 11.9 Å². The maximum Gasteiger partial charge on any atom is 0.352 e. The highest BCUT2D eigenvalue weighted by molar-refractivity contribution is 6.05. The van der Waals surface area contributed by atoms with Crippen molar-refractivity contribution in [3.63, 3.8) is 0 Å². The van der Waals surface area contributed by atoms with E-state index in [1.54, 1.807) is 32.9 Å². The number of fused-ring (bicyclic) bond motifs is 1. The van der Waals surface area contributed by atoms with Crippen LogP contribution in [0.25, 0.3) is 16.8 Å². The van der Waals surface area contributed by atoms with Gasteiger partial charge in [-0.25, -0.2) is 9.78 Å². The first-order valence-electron chi connectivity index (χ1n) is 11.8. The standard InChI is InChI=1S/C29H28N4O4/c1-16-12-21(27(34)32-18(3)22-11-7-9-20-8-5-6-10-23(20)22)13-17(2)26(16)28(35)33-25(29(36)37)14-24-19(4)30-15-31-24/h5-15,18H,1-4H3,(H,30,31)(H,32,34)(H,33,35)(H,36,37)/b25-14-/t18-/m1/s1. The fourth-order valence-corrected chi connectivity index (χ4v) is 4.43. The van der Waals surface area contributed by atoms with Crippen molar-refractivity contribution in [3.8, 4) is 0 Å². The molecule has 0 saturated heterocycles. The Balaban J connectivity index is 1.55. The minimum absolute atomic E-state index is 0.240. The van der Waals surface area contributed by atoms with Crippen molar-refractivity contribution < 1.29 is 19.5 Å². The molecule has 1 aromatic heterocycles. The number of imidazole rings is 1. The lowest BCUT2D eigenvalue weighted by atomic mass is 9.97. The first-order valence-corrected chi connectivity index (χ1v) is 11.8. The van der Waals surface area contributed by atoms with E-state index in [-0.39, 0.29) is 17.6 Å². The first-order chi connectivity index (χ1) is 17.7. The average molecular weight is 497 g/mol. The number of aromatic nitrogens is 2. The van der Waals surface area contributed by atoms with Crippen LogP contribution in [0.15, 0.2) is 66.6 Å². The molecule has 0 radical (unpaired) electrons. The van der Waals surface area contributed by atoms with Crippen molar-refractivity contribution in [2.24, 2.45) is 0 Å². The average Bonchev–Trinajstić information content (AvgIpc) is 3.26. The van der Waals surface area contributed by atoms with Gasteiger partial charge in [-0.2, -0.15) is 0 Å². The van der Waals surface area contributed by atoms with Crippen LogP contribution in [-0.2, 0) is 4.79 Å². The summed E-state index contributed by atoms with van der Waals surface area (Å²) in [7, 11) is 0. The summed E-state index contributed by atoms with van der Waals surface area (Å²) in [6.07, 6.45) is 2.74. The van der Waals surface area contributed by atoms with Gasteiger partial charge in [-0.15, -0.1) is 0 Å². The number of amides is 2. The van der Waals surface area contributed by atoms with Gasteiger partial charge in [0.1, 0.15) is 5.70 Å². The molecular formula is C29H28N4O4. The lowest BCUT2D eigenvalue weighted by molar-refractivity contribution is -0.132. The third kappa shape index (κ3) is 5.43. The van der Waals surface area contributed by atoms with Crippen LogP contribution in [0, 0.1) is 20.8 Å². The number of aryl methyl sites for hydroxylation is 3.